The lowest BCUT2D eigenvalue weighted by molar-refractivity contribution is 0.499. The summed E-state index contributed by atoms with van der Waals surface area (Å²) in [6.45, 7) is 9.13. The molecule has 0 aliphatic rings. The van der Waals surface area contributed by atoms with Gasteiger partial charge < -0.3 is 5.32 Å². The van der Waals surface area contributed by atoms with Crippen LogP contribution in [0.1, 0.15) is 88.1 Å². The highest BCUT2D eigenvalue weighted by molar-refractivity contribution is 5.41. The molecule has 0 saturated heterocycles. The number of hydrogen-bond acceptors (Lipinski definition) is 1. The van der Waals surface area contributed by atoms with Gasteiger partial charge in [-0.05, 0) is 55.0 Å². The van der Waals surface area contributed by atoms with Crippen LogP contribution in [0.3, 0.4) is 0 Å². The van der Waals surface area contributed by atoms with E-state index in [0.717, 1.165) is 19.3 Å². The Labute approximate surface area is 132 Å². The monoisotopic (exact) mass is 289 g/mol. The summed E-state index contributed by atoms with van der Waals surface area (Å²) in [6, 6.07) is 5.40. The zero-order valence-electron chi connectivity index (χ0n) is 14.9. The van der Waals surface area contributed by atoms with Gasteiger partial charge in [0, 0.05) is 6.04 Å². The number of nitrogens with one attached hydrogen (secondary N) is 1. The minimum Gasteiger partial charge on any atom is -0.313 e. The minimum absolute atomic E-state index is 0.526. The van der Waals surface area contributed by atoms with E-state index in [-0.39, 0.29) is 0 Å². The van der Waals surface area contributed by atoms with Crippen LogP contribution in [0.2, 0.25) is 0 Å². The van der Waals surface area contributed by atoms with Gasteiger partial charge in [-0.2, -0.15) is 0 Å². The molecule has 1 rings (SSSR count). The fourth-order valence-electron chi connectivity index (χ4n) is 3.30. The summed E-state index contributed by atoms with van der Waals surface area (Å²) in [5, 5.41) is 3.58. The lowest BCUT2D eigenvalue weighted by Gasteiger charge is -2.24. The first-order valence-corrected chi connectivity index (χ1v) is 9.03. The van der Waals surface area contributed by atoms with E-state index in [2.05, 4.69) is 52.2 Å². The summed E-state index contributed by atoms with van der Waals surface area (Å²) in [7, 11) is 2.12. The quantitative estimate of drug-likeness (QED) is 0.552. The van der Waals surface area contributed by atoms with Gasteiger partial charge in [0.05, 0.1) is 0 Å². The fraction of sp³-hybridized carbons (Fsp3) is 0.700. The molecule has 1 atom stereocenters. The van der Waals surface area contributed by atoms with Gasteiger partial charge in [-0.3, -0.25) is 0 Å². The van der Waals surface area contributed by atoms with Gasteiger partial charge in [0.1, 0.15) is 0 Å². The van der Waals surface area contributed by atoms with Crippen molar-refractivity contribution in [1.82, 2.24) is 5.32 Å². The molecule has 0 amide bonds. The van der Waals surface area contributed by atoms with E-state index in [1.807, 2.05) is 0 Å². The van der Waals surface area contributed by atoms with E-state index < -0.39 is 0 Å². The maximum absolute atomic E-state index is 3.58. The predicted octanol–water partition coefficient (Wildman–Crippen LogP) is 5.60. The largest absolute Gasteiger partial charge is 0.313 e. The molecule has 0 aliphatic carbocycles. The summed E-state index contributed by atoms with van der Waals surface area (Å²) >= 11 is 0. The van der Waals surface area contributed by atoms with E-state index >= 15 is 0 Å². The first-order chi connectivity index (χ1) is 10.2. The van der Waals surface area contributed by atoms with E-state index in [9.17, 15) is 0 Å². The van der Waals surface area contributed by atoms with Crippen molar-refractivity contribution < 1.29 is 0 Å². The Morgan fingerprint density at radius 2 is 1.48 bits per heavy atom. The third-order valence-corrected chi connectivity index (χ3v) is 4.62. The van der Waals surface area contributed by atoms with Crippen LogP contribution in [-0.2, 0) is 19.3 Å². The average molecular weight is 290 g/mol. The lowest BCUT2D eigenvalue weighted by Crippen LogP contribution is -2.20. The first-order valence-electron chi connectivity index (χ1n) is 9.03. The molecule has 0 heterocycles. The van der Waals surface area contributed by atoms with Crippen LogP contribution in [0.5, 0.6) is 0 Å². The van der Waals surface area contributed by atoms with Crippen molar-refractivity contribution in [2.45, 2.75) is 85.1 Å². The van der Waals surface area contributed by atoms with Crippen molar-refractivity contribution in [1.29, 1.82) is 0 Å². The Hall–Kier alpha value is -0.820. The predicted molar refractivity (Wildman–Crippen MR) is 95.1 cm³/mol. The van der Waals surface area contributed by atoms with Crippen LogP contribution in [-0.4, -0.2) is 7.05 Å². The van der Waals surface area contributed by atoms with Crippen LogP contribution >= 0.6 is 0 Å². The maximum atomic E-state index is 3.58. The normalized spacial score (nSPS) is 12.6. The van der Waals surface area contributed by atoms with E-state index in [4.69, 9.17) is 0 Å². The van der Waals surface area contributed by atoms with Gasteiger partial charge in [-0.25, -0.2) is 0 Å². The molecular formula is C20H35N. The first kappa shape index (κ1) is 18.2. The van der Waals surface area contributed by atoms with Crippen molar-refractivity contribution in [3.8, 4) is 0 Å². The second-order valence-electron chi connectivity index (χ2n) is 6.08. The van der Waals surface area contributed by atoms with Gasteiger partial charge in [-0.15, -0.1) is 0 Å². The van der Waals surface area contributed by atoms with Crippen molar-refractivity contribution in [3.05, 3.63) is 34.4 Å². The summed E-state index contributed by atoms with van der Waals surface area (Å²) < 4.78 is 0. The van der Waals surface area contributed by atoms with Crippen molar-refractivity contribution >= 4 is 0 Å². The van der Waals surface area contributed by atoms with Crippen molar-refractivity contribution in [2.24, 2.45) is 0 Å². The molecule has 1 nitrogen and oxygen atoms in total. The molecule has 0 bridgehead atoms. The smallest absolute Gasteiger partial charge is 0.0322 e. The molecule has 1 aromatic rings. The summed E-state index contributed by atoms with van der Waals surface area (Å²) in [6.07, 6.45) is 10.1. The number of rotatable bonds is 10. The standard InChI is InChI=1S/C20H35N/c1-6-10-11-12-13-19(21-5)20-17(8-3)14-16(7-2)15-18(20)9-4/h14-15,19,21H,6-13H2,1-5H3. The zero-order valence-corrected chi connectivity index (χ0v) is 14.9. The molecule has 120 valence electrons. The summed E-state index contributed by atoms with van der Waals surface area (Å²) in [5.74, 6) is 0. The average Bonchev–Trinajstić information content (AvgIpc) is 2.54. The van der Waals surface area contributed by atoms with Gasteiger partial charge >= 0.3 is 0 Å². The summed E-state index contributed by atoms with van der Waals surface area (Å²) in [4.78, 5) is 0. The molecule has 0 aliphatic heterocycles. The molecule has 21 heavy (non-hydrogen) atoms. The Balaban J connectivity index is 3.00. The third-order valence-electron chi connectivity index (χ3n) is 4.62. The fourth-order valence-corrected chi connectivity index (χ4v) is 3.30. The molecule has 0 aromatic heterocycles. The lowest BCUT2D eigenvalue weighted by atomic mass is 9.87. The Morgan fingerprint density at radius 3 is 1.90 bits per heavy atom. The number of aryl methyl sites for hydroxylation is 3. The maximum Gasteiger partial charge on any atom is 0.0322 e. The number of benzene rings is 1. The SMILES string of the molecule is CCCCCCC(NC)c1c(CC)cc(CC)cc1CC. The Kier molecular flexibility index (Phi) is 8.68. The topological polar surface area (TPSA) is 12.0 Å². The highest BCUT2D eigenvalue weighted by Gasteiger charge is 2.17. The molecule has 0 spiro atoms. The highest BCUT2D eigenvalue weighted by atomic mass is 14.9. The molecule has 0 fully saturated rings. The van der Waals surface area contributed by atoms with Crippen LogP contribution in [0, 0.1) is 0 Å². The number of hydrogen-bond donors (Lipinski definition) is 1. The Morgan fingerprint density at radius 1 is 0.857 bits per heavy atom. The molecule has 1 aromatic carbocycles. The van der Waals surface area contributed by atoms with Gasteiger partial charge in [-0.1, -0.05) is 65.5 Å². The Bertz CT molecular complexity index is 383. The van der Waals surface area contributed by atoms with Crippen molar-refractivity contribution in [2.75, 3.05) is 7.05 Å². The van der Waals surface area contributed by atoms with Crippen LogP contribution < -0.4 is 5.32 Å². The van der Waals surface area contributed by atoms with E-state index in [0.29, 0.717) is 6.04 Å². The molecule has 0 radical (unpaired) electrons. The molecule has 0 saturated carbocycles. The minimum atomic E-state index is 0.526. The highest BCUT2D eigenvalue weighted by Crippen LogP contribution is 2.29. The van der Waals surface area contributed by atoms with Crippen LogP contribution in [0.25, 0.3) is 0 Å². The second-order valence-corrected chi connectivity index (χ2v) is 6.08. The number of unbranched alkanes of at least 4 members (excludes halogenated alkanes) is 3. The van der Waals surface area contributed by atoms with Gasteiger partial charge in [0.2, 0.25) is 0 Å². The zero-order chi connectivity index (χ0) is 15.7. The molecule has 1 N–H and O–H groups in total. The van der Waals surface area contributed by atoms with E-state index in [1.54, 1.807) is 16.7 Å². The third kappa shape index (κ3) is 5.14. The molecule has 1 unspecified atom stereocenters. The van der Waals surface area contributed by atoms with Gasteiger partial charge in [0.15, 0.2) is 0 Å². The van der Waals surface area contributed by atoms with Crippen molar-refractivity contribution in [3.63, 3.8) is 0 Å². The van der Waals surface area contributed by atoms with Gasteiger partial charge in [0.25, 0.3) is 0 Å². The van der Waals surface area contributed by atoms with E-state index in [1.165, 1.54) is 37.7 Å². The second kappa shape index (κ2) is 10.00. The van der Waals surface area contributed by atoms with Crippen LogP contribution in [0.4, 0.5) is 0 Å². The van der Waals surface area contributed by atoms with Crippen LogP contribution in [0.15, 0.2) is 12.1 Å². The summed E-state index contributed by atoms with van der Waals surface area (Å²) in [5.41, 5.74) is 6.20. The molecular weight excluding hydrogens is 254 g/mol. The molecule has 1 heteroatoms.